The van der Waals surface area contributed by atoms with Crippen LogP contribution in [0.1, 0.15) is 24.5 Å². The van der Waals surface area contributed by atoms with Crippen molar-refractivity contribution in [3.05, 3.63) is 29.3 Å². The highest BCUT2D eigenvalue weighted by Crippen LogP contribution is 2.19. The summed E-state index contributed by atoms with van der Waals surface area (Å²) in [5.74, 6) is 1.61. The van der Waals surface area contributed by atoms with Gasteiger partial charge in [-0.05, 0) is 49.9 Å². The number of likely N-dealkylation sites (tertiary alicyclic amines) is 1. The van der Waals surface area contributed by atoms with Crippen molar-refractivity contribution in [3.8, 4) is 5.75 Å². The van der Waals surface area contributed by atoms with Crippen LogP contribution in [0.25, 0.3) is 0 Å². The first kappa shape index (κ1) is 14.4. The van der Waals surface area contributed by atoms with E-state index >= 15 is 0 Å². The second-order valence-electron chi connectivity index (χ2n) is 5.85. The third kappa shape index (κ3) is 3.95. The number of nitrogens with two attached hydrogens (primary N) is 1. The Balaban J connectivity index is 1.79. The van der Waals surface area contributed by atoms with Crippen LogP contribution in [0.3, 0.4) is 0 Å². The summed E-state index contributed by atoms with van der Waals surface area (Å²) in [4.78, 5) is 2.46. The summed E-state index contributed by atoms with van der Waals surface area (Å²) in [5, 5.41) is 0. The molecule has 3 heteroatoms. The zero-order valence-electron chi connectivity index (χ0n) is 12.4. The molecule has 1 aliphatic heterocycles. The van der Waals surface area contributed by atoms with Gasteiger partial charge < -0.3 is 10.5 Å². The number of benzene rings is 1. The minimum Gasteiger partial charge on any atom is -0.492 e. The van der Waals surface area contributed by atoms with Crippen molar-refractivity contribution in [3.63, 3.8) is 0 Å². The van der Waals surface area contributed by atoms with Gasteiger partial charge in [-0.15, -0.1) is 0 Å². The van der Waals surface area contributed by atoms with E-state index < -0.39 is 0 Å². The average molecular weight is 262 g/mol. The lowest BCUT2D eigenvalue weighted by Crippen LogP contribution is -2.46. The van der Waals surface area contributed by atoms with Crippen LogP contribution in [-0.2, 0) is 0 Å². The van der Waals surface area contributed by atoms with E-state index in [1.807, 2.05) is 0 Å². The summed E-state index contributed by atoms with van der Waals surface area (Å²) in [6.07, 6.45) is 1.10. The zero-order chi connectivity index (χ0) is 13.8. The van der Waals surface area contributed by atoms with Gasteiger partial charge in [-0.25, -0.2) is 0 Å². The number of aryl methyl sites for hydroxylation is 2. The van der Waals surface area contributed by atoms with Crippen LogP contribution < -0.4 is 10.5 Å². The highest BCUT2D eigenvalue weighted by molar-refractivity contribution is 5.35. The summed E-state index contributed by atoms with van der Waals surface area (Å²) < 4.78 is 5.91. The maximum Gasteiger partial charge on any atom is 0.122 e. The fourth-order valence-electron chi connectivity index (χ4n) is 2.60. The smallest absolute Gasteiger partial charge is 0.122 e. The number of piperidine rings is 1. The maximum absolute atomic E-state index is 6.04. The zero-order valence-corrected chi connectivity index (χ0v) is 12.4. The van der Waals surface area contributed by atoms with Crippen molar-refractivity contribution < 1.29 is 4.74 Å². The summed E-state index contributed by atoms with van der Waals surface area (Å²) in [7, 11) is 0. The Morgan fingerprint density at radius 2 is 2.16 bits per heavy atom. The Labute approximate surface area is 116 Å². The molecule has 106 valence electrons. The van der Waals surface area contributed by atoms with Crippen molar-refractivity contribution in [1.82, 2.24) is 4.90 Å². The molecule has 0 aromatic heterocycles. The van der Waals surface area contributed by atoms with Gasteiger partial charge in [0, 0.05) is 19.1 Å². The fraction of sp³-hybridized carbons (Fsp3) is 0.625. The number of nitrogens with zero attached hydrogens (tertiary/aromatic N) is 1. The molecule has 0 amide bonds. The number of hydrogen-bond acceptors (Lipinski definition) is 3. The summed E-state index contributed by atoms with van der Waals surface area (Å²) in [6.45, 7) is 10.4. The number of ether oxygens (including phenoxy) is 1. The number of hydrogen-bond donors (Lipinski definition) is 1. The second kappa shape index (κ2) is 6.40. The van der Waals surface area contributed by atoms with Gasteiger partial charge in [-0.1, -0.05) is 19.1 Å². The van der Waals surface area contributed by atoms with E-state index in [4.69, 9.17) is 10.5 Å². The molecule has 1 aromatic rings. The second-order valence-corrected chi connectivity index (χ2v) is 5.85. The third-order valence-corrected chi connectivity index (χ3v) is 4.06. The molecule has 0 aliphatic carbocycles. The minimum atomic E-state index is 0.371. The van der Waals surface area contributed by atoms with Gasteiger partial charge >= 0.3 is 0 Å². The van der Waals surface area contributed by atoms with Crippen LogP contribution in [-0.4, -0.2) is 37.2 Å². The van der Waals surface area contributed by atoms with Crippen molar-refractivity contribution in [2.45, 2.75) is 33.2 Å². The Kier molecular flexibility index (Phi) is 4.83. The Hall–Kier alpha value is -1.06. The van der Waals surface area contributed by atoms with E-state index in [9.17, 15) is 0 Å². The molecule has 0 spiro atoms. The highest BCUT2D eigenvalue weighted by atomic mass is 16.5. The van der Waals surface area contributed by atoms with Crippen LogP contribution in [0.5, 0.6) is 5.75 Å². The molecular formula is C16H26N2O. The van der Waals surface area contributed by atoms with Crippen LogP contribution in [0, 0.1) is 19.8 Å². The quantitative estimate of drug-likeness (QED) is 0.905. The van der Waals surface area contributed by atoms with Crippen LogP contribution in [0.2, 0.25) is 0 Å². The van der Waals surface area contributed by atoms with E-state index in [2.05, 4.69) is 43.9 Å². The van der Waals surface area contributed by atoms with Gasteiger partial charge in [0.05, 0.1) is 0 Å². The largest absolute Gasteiger partial charge is 0.492 e. The molecule has 1 saturated heterocycles. The molecule has 2 atom stereocenters. The summed E-state index contributed by atoms with van der Waals surface area (Å²) >= 11 is 0. The number of rotatable bonds is 4. The highest BCUT2D eigenvalue weighted by Gasteiger charge is 2.22. The monoisotopic (exact) mass is 262 g/mol. The van der Waals surface area contributed by atoms with Gasteiger partial charge in [0.25, 0.3) is 0 Å². The van der Waals surface area contributed by atoms with Gasteiger partial charge in [0.15, 0.2) is 0 Å². The molecule has 0 saturated carbocycles. The van der Waals surface area contributed by atoms with Crippen molar-refractivity contribution >= 4 is 0 Å². The van der Waals surface area contributed by atoms with E-state index in [1.165, 1.54) is 11.1 Å². The fourth-order valence-corrected chi connectivity index (χ4v) is 2.60. The first-order valence-corrected chi connectivity index (χ1v) is 7.24. The molecule has 2 N–H and O–H groups in total. The maximum atomic E-state index is 6.04. The molecule has 2 unspecified atom stereocenters. The van der Waals surface area contributed by atoms with E-state index in [1.54, 1.807) is 0 Å². The molecule has 0 bridgehead atoms. The first-order valence-electron chi connectivity index (χ1n) is 7.24. The lowest BCUT2D eigenvalue weighted by molar-refractivity contribution is 0.139. The van der Waals surface area contributed by atoms with E-state index in [0.717, 1.165) is 38.4 Å². The van der Waals surface area contributed by atoms with Crippen LogP contribution >= 0.6 is 0 Å². The van der Waals surface area contributed by atoms with Gasteiger partial charge in [-0.2, -0.15) is 0 Å². The standard InChI is InChI=1S/C16H26N2O/c1-12-4-5-13(2)16(10-12)19-9-8-18-7-6-15(17)14(3)11-18/h4-5,10,14-15H,6-9,11,17H2,1-3H3. The molecule has 1 aliphatic rings. The molecule has 3 nitrogen and oxygen atoms in total. The minimum absolute atomic E-state index is 0.371. The molecular weight excluding hydrogens is 236 g/mol. The molecule has 0 radical (unpaired) electrons. The molecule has 2 rings (SSSR count). The Bertz CT molecular complexity index is 419. The third-order valence-electron chi connectivity index (χ3n) is 4.06. The average Bonchev–Trinajstić information content (AvgIpc) is 2.38. The van der Waals surface area contributed by atoms with E-state index in [-0.39, 0.29) is 0 Å². The van der Waals surface area contributed by atoms with Crippen LogP contribution in [0.15, 0.2) is 18.2 Å². The molecule has 1 aromatic carbocycles. The predicted octanol–water partition coefficient (Wildman–Crippen LogP) is 2.35. The van der Waals surface area contributed by atoms with Gasteiger partial charge in [-0.3, -0.25) is 4.90 Å². The predicted molar refractivity (Wildman–Crippen MR) is 79.6 cm³/mol. The van der Waals surface area contributed by atoms with Crippen molar-refractivity contribution in [2.24, 2.45) is 11.7 Å². The topological polar surface area (TPSA) is 38.5 Å². The summed E-state index contributed by atoms with van der Waals surface area (Å²) in [5.41, 5.74) is 8.50. The lowest BCUT2D eigenvalue weighted by atomic mass is 9.95. The van der Waals surface area contributed by atoms with E-state index in [0.29, 0.717) is 12.0 Å². The van der Waals surface area contributed by atoms with Crippen LogP contribution in [0.4, 0.5) is 0 Å². The van der Waals surface area contributed by atoms with Crippen molar-refractivity contribution in [2.75, 3.05) is 26.2 Å². The SMILES string of the molecule is Cc1ccc(C)c(OCCN2CCC(N)C(C)C2)c1. The normalized spacial score (nSPS) is 24.4. The molecule has 1 heterocycles. The Morgan fingerprint density at radius 3 is 2.89 bits per heavy atom. The lowest BCUT2D eigenvalue weighted by Gasteiger charge is -2.34. The molecule has 19 heavy (non-hydrogen) atoms. The molecule has 1 fully saturated rings. The van der Waals surface area contributed by atoms with Gasteiger partial charge in [0.1, 0.15) is 12.4 Å². The first-order chi connectivity index (χ1) is 9.06. The van der Waals surface area contributed by atoms with Gasteiger partial charge in [0.2, 0.25) is 0 Å². The van der Waals surface area contributed by atoms with Crippen molar-refractivity contribution in [1.29, 1.82) is 0 Å². The Morgan fingerprint density at radius 1 is 1.37 bits per heavy atom. The summed E-state index contributed by atoms with van der Waals surface area (Å²) in [6, 6.07) is 6.73.